The zero-order chi connectivity index (χ0) is 18.8. The van der Waals surface area contributed by atoms with Gasteiger partial charge in [-0.2, -0.15) is 5.26 Å². The summed E-state index contributed by atoms with van der Waals surface area (Å²) in [5, 5.41) is 31.5. The van der Waals surface area contributed by atoms with Gasteiger partial charge in [-0.05, 0) is 29.5 Å². The Bertz CT molecular complexity index is 1160. The molecule has 0 aliphatic carbocycles. The van der Waals surface area contributed by atoms with Crippen LogP contribution in [-0.2, 0) is 0 Å². The second-order valence-electron chi connectivity index (χ2n) is 4.92. The van der Waals surface area contributed by atoms with Gasteiger partial charge in [-0.1, -0.05) is 5.92 Å². The first kappa shape index (κ1) is 16.5. The lowest BCUT2D eigenvalue weighted by Gasteiger charge is -2.09. The van der Waals surface area contributed by atoms with E-state index in [9.17, 15) is 19.1 Å². The Morgan fingerprint density at radius 1 is 1.35 bits per heavy atom. The molecule has 126 valence electrons. The van der Waals surface area contributed by atoms with Crippen molar-refractivity contribution in [3.8, 4) is 18.4 Å². The first-order valence-electron chi connectivity index (χ1n) is 6.92. The molecular weight excluding hydrogens is 343 g/mol. The van der Waals surface area contributed by atoms with Gasteiger partial charge in [-0.3, -0.25) is 4.79 Å². The topological polar surface area (TPSA) is 133 Å². The number of nitriles is 1. The van der Waals surface area contributed by atoms with Crippen molar-refractivity contribution in [3.63, 3.8) is 0 Å². The zero-order valence-corrected chi connectivity index (χ0v) is 12.8. The van der Waals surface area contributed by atoms with Crippen LogP contribution in [-0.4, -0.2) is 37.0 Å². The number of terminal acetylenes is 1. The van der Waals surface area contributed by atoms with Crippen molar-refractivity contribution in [2.75, 3.05) is 5.32 Å². The fraction of sp³-hybridized carbons (Fsp3) is 0. The van der Waals surface area contributed by atoms with Crippen molar-refractivity contribution in [2.24, 2.45) is 0 Å². The lowest BCUT2D eigenvalue weighted by Crippen LogP contribution is -2.18. The molecule has 0 saturated heterocycles. The number of carboxylic acids is 1. The maximum absolute atomic E-state index is 13.7. The number of anilines is 1. The van der Waals surface area contributed by atoms with Crippen molar-refractivity contribution >= 4 is 23.1 Å². The van der Waals surface area contributed by atoms with Gasteiger partial charge >= 0.3 is 5.97 Å². The van der Waals surface area contributed by atoms with Gasteiger partial charge in [-0.15, -0.1) is 21.3 Å². The van der Waals surface area contributed by atoms with Crippen molar-refractivity contribution < 1.29 is 19.1 Å². The molecule has 0 spiro atoms. The van der Waals surface area contributed by atoms with Crippen LogP contribution in [0.3, 0.4) is 0 Å². The average molecular weight is 350 g/mol. The van der Waals surface area contributed by atoms with E-state index >= 15 is 0 Å². The highest BCUT2D eigenvalue weighted by Crippen LogP contribution is 2.21. The first-order chi connectivity index (χ1) is 12.4. The largest absolute Gasteiger partial charge is 0.478 e. The summed E-state index contributed by atoms with van der Waals surface area (Å²) in [6.45, 7) is 0. The number of fused-ring (bicyclic) bond motifs is 1. The number of halogens is 1. The lowest BCUT2D eigenvalue weighted by molar-refractivity contribution is 0.0697. The minimum absolute atomic E-state index is 0.0369. The molecule has 26 heavy (non-hydrogen) atoms. The molecule has 0 fully saturated rings. The van der Waals surface area contributed by atoms with Crippen LogP contribution in [0, 0.1) is 29.5 Å². The van der Waals surface area contributed by atoms with Crippen LogP contribution in [0.4, 0.5) is 10.1 Å². The van der Waals surface area contributed by atoms with E-state index in [0.717, 1.165) is 16.8 Å². The number of aromatic nitrogens is 4. The molecular formula is C16H7FN6O3. The van der Waals surface area contributed by atoms with Crippen LogP contribution in [0.5, 0.6) is 0 Å². The van der Waals surface area contributed by atoms with E-state index < -0.39 is 23.3 Å². The third-order valence-corrected chi connectivity index (χ3v) is 3.37. The number of carbonyl (C=O) groups excluding carboxylic acids is 1. The summed E-state index contributed by atoms with van der Waals surface area (Å²) in [4.78, 5) is 23.6. The molecule has 0 saturated carbocycles. The summed E-state index contributed by atoms with van der Waals surface area (Å²) in [5.41, 5.74) is -0.654. The number of aromatic carboxylic acids is 1. The normalized spacial score (nSPS) is 10.1. The van der Waals surface area contributed by atoms with E-state index in [-0.39, 0.29) is 22.6 Å². The van der Waals surface area contributed by atoms with Crippen LogP contribution in [0.25, 0.3) is 5.52 Å². The van der Waals surface area contributed by atoms with E-state index in [4.69, 9.17) is 11.7 Å². The Balaban J connectivity index is 1.99. The lowest BCUT2D eigenvalue weighted by atomic mass is 10.1. The van der Waals surface area contributed by atoms with Gasteiger partial charge < -0.3 is 10.4 Å². The van der Waals surface area contributed by atoms with Gasteiger partial charge in [0.2, 0.25) is 0 Å². The number of benzene rings is 1. The summed E-state index contributed by atoms with van der Waals surface area (Å²) >= 11 is 0. The molecule has 1 aromatic carbocycles. The highest BCUT2D eigenvalue weighted by atomic mass is 19.1. The molecule has 0 radical (unpaired) electrons. The summed E-state index contributed by atoms with van der Waals surface area (Å²) < 4.78 is 14.7. The van der Waals surface area contributed by atoms with Gasteiger partial charge in [0.15, 0.2) is 11.4 Å². The molecule has 0 aliphatic heterocycles. The predicted octanol–water partition coefficient (Wildman–Crippen LogP) is 1.07. The monoisotopic (exact) mass is 350 g/mol. The van der Waals surface area contributed by atoms with Gasteiger partial charge in [0, 0.05) is 0 Å². The van der Waals surface area contributed by atoms with E-state index in [1.165, 1.54) is 12.1 Å². The molecule has 10 heteroatoms. The highest BCUT2D eigenvalue weighted by molar-refractivity contribution is 6.07. The quantitative estimate of drug-likeness (QED) is 0.675. The molecule has 0 unspecified atom stereocenters. The number of hydrogen-bond donors (Lipinski definition) is 2. The minimum atomic E-state index is -1.44. The van der Waals surface area contributed by atoms with Gasteiger partial charge in [0.05, 0.1) is 16.8 Å². The van der Waals surface area contributed by atoms with Crippen LogP contribution < -0.4 is 5.32 Å². The minimum Gasteiger partial charge on any atom is -0.478 e. The molecule has 2 aromatic heterocycles. The van der Waals surface area contributed by atoms with Crippen LogP contribution in [0.15, 0.2) is 24.3 Å². The Morgan fingerprint density at radius 3 is 2.77 bits per heavy atom. The number of carboxylic acid groups (broad SMARTS) is 1. The van der Waals surface area contributed by atoms with Crippen LogP contribution >= 0.6 is 0 Å². The molecule has 1 amide bonds. The SMILES string of the molecule is C#Cc1cc(NC(=O)c2ccc3c(C#N)nnn3n2)c(C(=O)O)cc1F. The van der Waals surface area contributed by atoms with Gasteiger partial charge in [0.25, 0.3) is 5.91 Å². The summed E-state index contributed by atoms with van der Waals surface area (Å²) in [7, 11) is 0. The second kappa shape index (κ2) is 6.30. The molecule has 0 aliphatic rings. The highest BCUT2D eigenvalue weighted by Gasteiger charge is 2.18. The average Bonchev–Trinajstić information content (AvgIpc) is 3.04. The number of amides is 1. The summed E-state index contributed by atoms with van der Waals surface area (Å²) in [6, 6.07) is 6.30. The molecule has 0 bridgehead atoms. The Hall–Kier alpha value is -4.31. The zero-order valence-electron chi connectivity index (χ0n) is 12.8. The fourth-order valence-corrected chi connectivity index (χ4v) is 2.15. The molecule has 2 heterocycles. The third kappa shape index (κ3) is 2.79. The molecule has 9 nitrogen and oxygen atoms in total. The predicted molar refractivity (Wildman–Crippen MR) is 84.7 cm³/mol. The second-order valence-corrected chi connectivity index (χ2v) is 4.92. The van der Waals surface area contributed by atoms with Crippen molar-refractivity contribution in [1.29, 1.82) is 5.26 Å². The van der Waals surface area contributed by atoms with E-state index in [1.54, 1.807) is 0 Å². The number of hydrogen-bond acceptors (Lipinski definition) is 6. The van der Waals surface area contributed by atoms with E-state index in [1.807, 2.05) is 6.07 Å². The van der Waals surface area contributed by atoms with Crippen molar-refractivity contribution in [3.05, 3.63) is 52.6 Å². The smallest absolute Gasteiger partial charge is 0.337 e. The molecule has 3 rings (SSSR count). The van der Waals surface area contributed by atoms with Crippen molar-refractivity contribution in [2.45, 2.75) is 0 Å². The number of nitrogens with zero attached hydrogens (tertiary/aromatic N) is 5. The van der Waals surface area contributed by atoms with E-state index in [2.05, 4.69) is 26.6 Å². The summed E-state index contributed by atoms with van der Waals surface area (Å²) in [6.07, 6.45) is 5.16. The van der Waals surface area contributed by atoms with Crippen molar-refractivity contribution in [1.82, 2.24) is 20.0 Å². The molecule has 0 atom stereocenters. The number of nitrogens with one attached hydrogen (secondary N) is 1. The van der Waals surface area contributed by atoms with Gasteiger partial charge in [-0.25, -0.2) is 9.18 Å². The summed E-state index contributed by atoms with van der Waals surface area (Å²) in [5.74, 6) is -1.06. The maximum Gasteiger partial charge on any atom is 0.337 e. The van der Waals surface area contributed by atoms with Gasteiger partial charge in [0.1, 0.15) is 17.4 Å². The maximum atomic E-state index is 13.7. The number of rotatable bonds is 3. The third-order valence-electron chi connectivity index (χ3n) is 3.37. The Kier molecular flexibility index (Phi) is 4.01. The molecule has 3 aromatic rings. The van der Waals surface area contributed by atoms with Crippen LogP contribution in [0.2, 0.25) is 0 Å². The first-order valence-corrected chi connectivity index (χ1v) is 6.92. The van der Waals surface area contributed by atoms with E-state index in [0.29, 0.717) is 5.52 Å². The number of carbonyl (C=O) groups is 2. The molecule has 2 N–H and O–H groups in total. The Labute approximate surface area is 144 Å². The standard InChI is InChI=1S/C16H7FN6O3/c1-2-8-5-12(9(16(25)26)6-10(8)17)19-15(24)11-3-4-14-13(7-18)20-22-23(14)21-11/h1,3-6H,(H,19,24)(H,25,26). The van der Waals surface area contributed by atoms with Crippen LogP contribution in [0.1, 0.15) is 32.1 Å². The Morgan fingerprint density at radius 2 is 2.12 bits per heavy atom. The fourth-order valence-electron chi connectivity index (χ4n) is 2.15.